The molecule has 104 valence electrons. The Balaban J connectivity index is 1.64. The smallest absolute Gasteiger partial charge is 0.273 e. The SMILES string of the molecule is O=[N+]([O-])c1cccc(OCC[NH2+]C[C@@H]2CCCO2)c1. The predicted molar refractivity (Wildman–Crippen MR) is 69.2 cm³/mol. The van der Waals surface area contributed by atoms with Crippen LogP contribution >= 0.6 is 0 Å². The fraction of sp³-hybridized carbons (Fsp3) is 0.538. The predicted octanol–water partition coefficient (Wildman–Crippen LogP) is 0.716. The highest BCUT2D eigenvalue weighted by molar-refractivity contribution is 5.37. The van der Waals surface area contributed by atoms with Gasteiger partial charge in [-0.3, -0.25) is 10.1 Å². The van der Waals surface area contributed by atoms with E-state index in [4.69, 9.17) is 9.47 Å². The normalized spacial score (nSPS) is 18.4. The van der Waals surface area contributed by atoms with Crippen molar-refractivity contribution in [3.63, 3.8) is 0 Å². The molecular weight excluding hydrogens is 248 g/mol. The Morgan fingerprint density at radius 1 is 1.53 bits per heavy atom. The van der Waals surface area contributed by atoms with Crippen LogP contribution in [-0.4, -0.2) is 37.3 Å². The van der Waals surface area contributed by atoms with E-state index in [1.807, 2.05) is 0 Å². The topological polar surface area (TPSA) is 78.2 Å². The van der Waals surface area contributed by atoms with E-state index < -0.39 is 4.92 Å². The monoisotopic (exact) mass is 267 g/mol. The molecule has 19 heavy (non-hydrogen) atoms. The van der Waals surface area contributed by atoms with Crippen LogP contribution in [0.4, 0.5) is 5.69 Å². The van der Waals surface area contributed by atoms with Gasteiger partial charge in [0.2, 0.25) is 0 Å². The van der Waals surface area contributed by atoms with E-state index >= 15 is 0 Å². The lowest BCUT2D eigenvalue weighted by Crippen LogP contribution is -2.87. The molecular formula is C13H19N2O4+. The minimum absolute atomic E-state index is 0.0563. The fourth-order valence-electron chi connectivity index (χ4n) is 2.08. The van der Waals surface area contributed by atoms with Crippen LogP contribution in [0.3, 0.4) is 0 Å². The lowest BCUT2D eigenvalue weighted by Gasteiger charge is -2.08. The summed E-state index contributed by atoms with van der Waals surface area (Å²) in [5.41, 5.74) is 0.0563. The van der Waals surface area contributed by atoms with E-state index in [9.17, 15) is 10.1 Å². The zero-order chi connectivity index (χ0) is 13.5. The maximum atomic E-state index is 10.6. The van der Waals surface area contributed by atoms with Crippen molar-refractivity contribution in [2.45, 2.75) is 18.9 Å². The molecule has 0 saturated carbocycles. The number of quaternary nitrogens is 1. The van der Waals surface area contributed by atoms with Gasteiger partial charge in [-0.25, -0.2) is 0 Å². The highest BCUT2D eigenvalue weighted by atomic mass is 16.6. The second-order valence-corrected chi connectivity index (χ2v) is 4.55. The number of nitro groups is 1. The Labute approximate surface area is 111 Å². The second-order valence-electron chi connectivity index (χ2n) is 4.55. The molecule has 1 atom stereocenters. The first-order valence-electron chi connectivity index (χ1n) is 6.56. The zero-order valence-electron chi connectivity index (χ0n) is 10.8. The lowest BCUT2D eigenvalue weighted by atomic mass is 10.2. The van der Waals surface area contributed by atoms with E-state index in [0.717, 1.165) is 32.5 Å². The highest BCUT2D eigenvalue weighted by Crippen LogP contribution is 2.18. The van der Waals surface area contributed by atoms with E-state index in [2.05, 4.69) is 5.32 Å². The highest BCUT2D eigenvalue weighted by Gasteiger charge is 2.16. The number of nitrogens with zero attached hydrogens (tertiary/aromatic N) is 1. The van der Waals surface area contributed by atoms with Gasteiger partial charge in [-0.1, -0.05) is 6.07 Å². The van der Waals surface area contributed by atoms with Gasteiger partial charge >= 0.3 is 0 Å². The molecule has 1 fully saturated rings. The summed E-state index contributed by atoms with van der Waals surface area (Å²) in [4.78, 5) is 10.2. The quantitative estimate of drug-likeness (QED) is 0.448. The van der Waals surface area contributed by atoms with Crippen molar-refractivity contribution in [1.82, 2.24) is 0 Å². The van der Waals surface area contributed by atoms with Crippen LogP contribution in [0.25, 0.3) is 0 Å². The van der Waals surface area contributed by atoms with Crippen LogP contribution in [0, 0.1) is 10.1 Å². The fourth-order valence-corrected chi connectivity index (χ4v) is 2.08. The van der Waals surface area contributed by atoms with Crippen molar-refractivity contribution >= 4 is 5.69 Å². The molecule has 0 bridgehead atoms. The number of rotatable bonds is 7. The van der Waals surface area contributed by atoms with Crippen molar-refractivity contribution in [1.29, 1.82) is 0 Å². The third kappa shape index (κ3) is 4.50. The molecule has 0 amide bonds. The van der Waals surface area contributed by atoms with Crippen molar-refractivity contribution in [3.05, 3.63) is 34.4 Å². The molecule has 0 unspecified atom stereocenters. The Bertz CT molecular complexity index is 419. The minimum Gasteiger partial charge on any atom is -0.487 e. The van der Waals surface area contributed by atoms with Gasteiger partial charge < -0.3 is 14.8 Å². The van der Waals surface area contributed by atoms with Gasteiger partial charge in [-0.05, 0) is 18.9 Å². The summed E-state index contributed by atoms with van der Waals surface area (Å²) in [6.07, 6.45) is 2.67. The van der Waals surface area contributed by atoms with Crippen molar-refractivity contribution in [2.75, 3.05) is 26.3 Å². The average molecular weight is 267 g/mol. The van der Waals surface area contributed by atoms with Gasteiger partial charge in [0.05, 0.1) is 11.0 Å². The summed E-state index contributed by atoms with van der Waals surface area (Å²) in [6.45, 7) is 3.19. The molecule has 6 heteroatoms. The van der Waals surface area contributed by atoms with Gasteiger partial charge in [0, 0.05) is 12.7 Å². The van der Waals surface area contributed by atoms with Crippen molar-refractivity contribution in [3.8, 4) is 5.75 Å². The van der Waals surface area contributed by atoms with E-state index in [1.54, 1.807) is 12.1 Å². The van der Waals surface area contributed by atoms with E-state index in [1.165, 1.54) is 12.1 Å². The first kappa shape index (κ1) is 13.8. The number of benzene rings is 1. The van der Waals surface area contributed by atoms with E-state index in [0.29, 0.717) is 18.5 Å². The first-order chi connectivity index (χ1) is 9.25. The van der Waals surface area contributed by atoms with Crippen molar-refractivity contribution < 1.29 is 19.7 Å². The molecule has 1 aliphatic rings. The molecule has 2 N–H and O–H groups in total. The lowest BCUT2D eigenvalue weighted by molar-refractivity contribution is -0.661. The molecule has 2 rings (SSSR count). The number of ether oxygens (including phenoxy) is 2. The van der Waals surface area contributed by atoms with Gasteiger partial charge in [0.1, 0.15) is 31.5 Å². The molecule has 1 aliphatic heterocycles. The molecule has 0 aromatic heterocycles. The van der Waals surface area contributed by atoms with Crippen LogP contribution in [0.5, 0.6) is 5.75 Å². The molecule has 1 saturated heterocycles. The van der Waals surface area contributed by atoms with Crippen LogP contribution in [0.15, 0.2) is 24.3 Å². The maximum absolute atomic E-state index is 10.6. The minimum atomic E-state index is -0.420. The molecule has 1 aromatic rings. The Kier molecular flexibility index (Phi) is 5.11. The summed E-state index contributed by atoms with van der Waals surface area (Å²) < 4.78 is 11.0. The third-order valence-electron chi connectivity index (χ3n) is 3.07. The largest absolute Gasteiger partial charge is 0.487 e. The van der Waals surface area contributed by atoms with E-state index in [-0.39, 0.29) is 5.69 Å². The number of nitrogens with two attached hydrogens (primary N) is 1. The van der Waals surface area contributed by atoms with Gasteiger partial charge in [0.25, 0.3) is 5.69 Å². The number of nitro benzene ring substituents is 1. The Hall–Kier alpha value is -1.66. The van der Waals surface area contributed by atoms with Gasteiger partial charge in [-0.2, -0.15) is 0 Å². The summed E-state index contributed by atoms with van der Waals surface area (Å²) >= 11 is 0. The molecule has 0 radical (unpaired) electrons. The third-order valence-corrected chi connectivity index (χ3v) is 3.07. The number of hydrogen-bond acceptors (Lipinski definition) is 4. The number of hydrogen-bond donors (Lipinski definition) is 1. The summed E-state index contributed by atoms with van der Waals surface area (Å²) in [6, 6.07) is 6.26. The molecule has 0 spiro atoms. The van der Waals surface area contributed by atoms with Crippen LogP contribution in [-0.2, 0) is 4.74 Å². The standard InChI is InChI=1S/C13H18N2O4/c16-15(17)11-3-1-4-12(9-11)19-8-6-14-10-13-5-2-7-18-13/h1,3-4,9,13-14H,2,5-8,10H2/p+1/t13-/m0/s1. The van der Waals surface area contributed by atoms with Crippen LogP contribution in [0.2, 0.25) is 0 Å². The Morgan fingerprint density at radius 3 is 3.16 bits per heavy atom. The average Bonchev–Trinajstić information content (AvgIpc) is 2.92. The summed E-state index contributed by atoms with van der Waals surface area (Å²) in [5, 5.41) is 12.8. The zero-order valence-corrected chi connectivity index (χ0v) is 10.8. The first-order valence-corrected chi connectivity index (χ1v) is 6.56. The van der Waals surface area contributed by atoms with Crippen LogP contribution in [0.1, 0.15) is 12.8 Å². The molecule has 0 aliphatic carbocycles. The summed E-state index contributed by atoms with van der Waals surface area (Å²) in [5.74, 6) is 0.541. The number of non-ortho nitro benzene ring substituents is 1. The van der Waals surface area contributed by atoms with Gasteiger partial charge in [-0.15, -0.1) is 0 Å². The second kappa shape index (κ2) is 7.06. The molecule has 1 aromatic carbocycles. The molecule has 1 heterocycles. The Morgan fingerprint density at radius 2 is 2.42 bits per heavy atom. The maximum Gasteiger partial charge on any atom is 0.273 e. The van der Waals surface area contributed by atoms with Crippen molar-refractivity contribution in [2.24, 2.45) is 0 Å². The van der Waals surface area contributed by atoms with Gasteiger partial charge in [0.15, 0.2) is 0 Å². The van der Waals surface area contributed by atoms with Crippen LogP contribution < -0.4 is 10.1 Å². The summed E-state index contributed by atoms with van der Waals surface area (Å²) in [7, 11) is 0. The molecule has 6 nitrogen and oxygen atoms in total.